The molecule has 2 aromatic heterocycles. The van der Waals surface area contributed by atoms with Gasteiger partial charge >= 0.3 is 0 Å². The van der Waals surface area contributed by atoms with E-state index in [4.69, 9.17) is 8.83 Å². The van der Waals surface area contributed by atoms with Crippen molar-refractivity contribution in [3.63, 3.8) is 0 Å². The molecule has 5 heteroatoms. The number of hydrogen-bond donors (Lipinski definition) is 1. The van der Waals surface area contributed by atoms with Gasteiger partial charge in [-0.15, -0.1) is 10.2 Å². The summed E-state index contributed by atoms with van der Waals surface area (Å²) in [7, 11) is 0. The molecule has 2 heterocycles. The molecule has 0 spiro atoms. The number of rotatable bonds is 4. The highest BCUT2D eigenvalue weighted by Gasteiger charge is 2.13. The van der Waals surface area contributed by atoms with E-state index in [1.165, 1.54) is 5.56 Å². The summed E-state index contributed by atoms with van der Waals surface area (Å²) >= 11 is 0. The molecule has 0 fully saturated rings. The average molecular weight is 235 g/mol. The Kier molecular flexibility index (Phi) is 3.28. The van der Waals surface area contributed by atoms with Gasteiger partial charge in [-0.3, -0.25) is 0 Å². The molecular formula is C12H17N3O2. The predicted molar refractivity (Wildman–Crippen MR) is 62.5 cm³/mol. The smallest absolute Gasteiger partial charge is 0.230 e. The average Bonchev–Trinajstić information content (AvgIpc) is 2.81. The second-order valence-corrected chi connectivity index (χ2v) is 4.19. The Morgan fingerprint density at radius 2 is 2.00 bits per heavy atom. The Bertz CT molecular complexity index is 502. The van der Waals surface area contributed by atoms with Crippen molar-refractivity contribution in [1.82, 2.24) is 15.5 Å². The van der Waals surface area contributed by atoms with Crippen LogP contribution in [0.25, 0.3) is 0 Å². The molecule has 0 aliphatic heterocycles. The molecule has 92 valence electrons. The third kappa shape index (κ3) is 2.74. The van der Waals surface area contributed by atoms with Gasteiger partial charge in [-0.25, -0.2) is 0 Å². The van der Waals surface area contributed by atoms with Gasteiger partial charge in [0.15, 0.2) is 0 Å². The largest absolute Gasteiger partial charge is 0.466 e. The lowest BCUT2D eigenvalue weighted by molar-refractivity contribution is 0.427. The molecular weight excluding hydrogens is 218 g/mol. The zero-order valence-corrected chi connectivity index (χ0v) is 10.6. The summed E-state index contributed by atoms with van der Waals surface area (Å²) in [6, 6.07) is 2.24. The van der Waals surface area contributed by atoms with Crippen molar-refractivity contribution < 1.29 is 8.83 Å². The molecule has 0 amide bonds. The monoisotopic (exact) mass is 235 g/mol. The zero-order chi connectivity index (χ0) is 12.4. The van der Waals surface area contributed by atoms with E-state index in [0.717, 1.165) is 11.5 Å². The number of aromatic nitrogens is 2. The van der Waals surface area contributed by atoms with Gasteiger partial charge in [0.05, 0.1) is 6.54 Å². The van der Waals surface area contributed by atoms with Crippen molar-refractivity contribution in [2.75, 3.05) is 0 Å². The van der Waals surface area contributed by atoms with E-state index in [1.54, 1.807) is 6.92 Å². The fourth-order valence-electron chi connectivity index (χ4n) is 1.84. The Labute approximate surface area is 100 Å². The molecule has 17 heavy (non-hydrogen) atoms. The molecule has 0 saturated heterocycles. The van der Waals surface area contributed by atoms with Crippen LogP contribution in [0.15, 0.2) is 14.9 Å². The molecule has 0 unspecified atom stereocenters. The molecule has 1 N–H and O–H groups in total. The highest BCUT2D eigenvalue weighted by atomic mass is 16.4. The van der Waals surface area contributed by atoms with Crippen LogP contribution in [0.4, 0.5) is 0 Å². The zero-order valence-electron chi connectivity index (χ0n) is 10.6. The first-order valence-electron chi connectivity index (χ1n) is 5.65. The van der Waals surface area contributed by atoms with Gasteiger partial charge in [-0.05, 0) is 26.8 Å². The van der Waals surface area contributed by atoms with Crippen molar-refractivity contribution in [1.29, 1.82) is 0 Å². The summed E-state index contributed by atoms with van der Waals surface area (Å²) in [5.74, 6) is 3.07. The second kappa shape index (κ2) is 4.71. The van der Waals surface area contributed by atoms with Gasteiger partial charge in [0.25, 0.3) is 0 Å². The highest BCUT2D eigenvalue weighted by molar-refractivity contribution is 5.23. The normalized spacial score (nSPS) is 12.9. The Morgan fingerprint density at radius 3 is 2.53 bits per heavy atom. The number of aryl methyl sites for hydroxylation is 3. The standard InChI is InChI=1S/C12H17N3O2/c1-7-5-11(9(3)16-7)8(2)13-6-12-15-14-10(4)17-12/h5,8,13H,6H2,1-4H3/t8-/m0/s1. The highest BCUT2D eigenvalue weighted by Crippen LogP contribution is 2.21. The lowest BCUT2D eigenvalue weighted by Crippen LogP contribution is -2.18. The van der Waals surface area contributed by atoms with Gasteiger partial charge in [0.2, 0.25) is 11.8 Å². The van der Waals surface area contributed by atoms with Crippen LogP contribution in [0, 0.1) is 20.8 Å². The van der Waals surface area contributed by atoms with Crippen LogP contribution in [0.1, 0.15) is 41.8 Å². The van der Waals surface area contributed by atoms with E-state index in [-0.39, 0.29) is 6.04 Å². The van der Waals surface area contributed by atoms with Gasteiger partial charge in [0.1, 0.15) is 11.5 Å². The van der Waals surface area contributed by atoms with Crippen molar-refractivity contribution in [3.05, 3.63) is 34.9 Å². The summed E-state index contributed by atoms with van der Waals surface area (Å²) in [5, 5.41) is 11.0. The van der Waals surface area contributed by atoms with E-state index in [1.807, 2.05) is 19.9 Å². The van der Waals surface area contributed by atoms with Gasteiger partial charge < -0.3 is 14.2 Å². The van der Waals surface area contributed by atoms with Gasteiger partial charge in [0, 0.05) is 18.5 Å². The molecule has 0 radical (unpaired) electrons. The lowest BCUT2D eigenvalue weighted by atomic mass is 10.1. The van der Waals surface area contributed by atoms with E-state index in [9.17, 15) is 0 Å². The SMILES string of the molecule is Cc1cc([C@H](C)NCc2nnc(C)o2)c(C)o1. The summed E-state index contributed by atoms with van der Waals surface area (Å²) in [6.07, 6.45) is 0. The van der Waals surface area contributed by atoms with E-state index >= 15 is 0 Å². The Balaban J connectivity index is 1.97. The minimum atomic E-state index is 0.194. The van der Waals surface area contributed by atoms with Crippen LogP contribution < -0.4 is 5.32 Å². The molecule has 0 aliphatic rings. The van der Waals surface area contributed by atoms with Crippen LogP contribution in [0.5, 0.6) is 0 Å². The second-order valence-electron chi connectivity index (χ2n) is 4.19. The van der Waals surface area contributed by atoms with Crippen LogP contribution in [-0.2, 0) is 6.54 Å². The summed E-state index contributed by atoms with van der Waals surface area (Å²) in [5.41, 5.74) is 1.17. The summed E-state index contributed by atoms with van der Waals surface area (Å²) in [4.78, 5) is 0. The van der Waals surface area contributed by atoms with Crippen molar-refractivity contribution in [2.45, 2.75) is 40.3 Å². The fraction of sp³-hybridized carbons (Fsp3) is 0.500. The van der Waals surface area contributed by atoms with Crippen LogP contribution >= 0.6 is 0 Å². The molecule has 2 aromatic rings. The fourth-order valence-corrected chi connectivity index (χ4v) is 1.84. The quantitative estimate of drug-likeness (QED) is 0.881. The number of nitrogens with zero attached hydrogens (tertiary/aromatic N) is 2. The van der Waals surface area contributed by atoms with E-state index in [2.05, 4.69) is 22.4 Å². The van der Waals surface area contributed by atoms with Crippen molar-refractivity contribution in [3.8, 4) is 0 Å². The topological polar surface area (TPSA) is 64.1 Å². The van der Waals surface area contributed by atoms with Crippen LogP contribution in [-0.4, -0.2) is 10.2 Å². The first-order chi connectivity index (χ1) is 8.06. The predicted octanol–water partition coefficient (Wildman–Crippen LogP) is 2.44. The molecule has 0 aromatic carbocycles. The molecule has 5 nitrogen and oxygen atoms in total. The molecule has 0 aliphatic carbocycles. The maximum Gasteiger partial charge on any atom is 0.230 e. The first-order valence-corrected chi connectivity index (χ1v) is 5.65. The molecule has 0 saturated carbocycles. The van der Waals surface area contributed by atoms with Gasteiger partial charge in [-0.2, -0.15) is 0 Å². The van der Waals surface area contributed by atoms with Crippen molar-refractivity contribution in [2.24, 2.45) is 0 Å². The van der Waals surface area contributed by atoms with E-state index < -0.39 is 0 Å². The Hall–Kier alpha value is -1.62. The lowest BCUT2D eigenvalue weighted by Gasteiger charge is -2.10. The molecule has 1 atom stereocenters. The summed E-state index contributed by atoms with van der Waals surface area (Å²) in [6.45, 7) is 8.34. The third-order valence-corrected chi connectivity index (χ3v) is 2.67. The van der Waals surface area contributed by atoms with Crippen LogP contribution in [0.2, 0.25) is 0 Å². The van der Waals surface area contributed by atoms with Gasteiger partial charge in [-0.1, -0.05) is 0 Å². The number of hydrogen-bond acceptors (Lipinski definition) is 5. The summed E-state index contributed by atoms with van der Waals surface area (Å²) < 4.78 is 10.8. The number of furan rings is 1. The first kappa shape index (κ1) is 11.9. The van der Waals surface area contributed by atoms with Crippen molar-refractivity contribution >= 4 is 0 Å². The maximum atomic E-state index is 5.50. The molecule has 2 rings (SSSR count). The van der Waals surface area contributed by atoms with E-state index in [0.29, 0.717) is 18.3 Å². The van der Waals surface area contributed by atoms with Crippen LogP contribution in [0.3, 0.4) is 0 Å². The molecule has 0 bridgehead atoms. The Morgan fingerprint density at radius 1 is 1.24 bits per heavy atom. The number of nitrogens with one attached hydrogen (secondary N) is 1. The minimum Gasteiger partial charge on any atom is -0.466 e. The maximum absolute atomic E-state index is 5.50. The third-order valence-electron chi connectivity index (χ3n) is 2.67. The minimum absolute atomic E-state index is 0.194.